The molecule has 0 fully saturated rings. The first-order valence-corrected chi connectivity index (χ1v) is 5.29. The number of benzene rings is 1. The van der Waals surface area contributed by atoms with Gasteiger partial charge in [0.1, 0.15) is 0 Å². The molecule has 0 saturated carbocycles. The number of anilines is 1. The second kappa shape index (κ2) is 4.55. The molecular formula is C8H8ClN3OSe. The van der Waals surface area contributed by atoms with Crippen molar-refractivity contribution in [3.05, 3.63) is 18.2 Å². The predicted octanol–water partition coefficient (Wildman–Crippen LogP) is 1.07. The van der Waals surface area contributed by atoms with E-state index < -0.39 is 0 Å². The number of hydrogen-bond acceptors (Lipinski definition) is 3. The normalized spacial score (nSPS) is 9.50. The van der Waals surface area contributed by atoms with Crippen LogP contribution in [0.2, 0.25) is 0 Å². The monoisotopic (exact) mass is 277 g/mol. The number of carbonyl (C=O) groups excluding carboxylic acids is 1. The Bertz CT molecular complexity index is 457. The Labute approximate surface area is 93.3 Å². The third-order valence-corrected chi connectivity index (χ3v) is 2.74. The number of hydrogen-bond donors (Lipinski definition) is 1. The third kappa shape index (κ3) is 2.12. The summed E-state index contributed by atoms with van der Waals surface area (Å²) in [6.45, 7) is 1.48. The molecule has 2 rings (SSSR count). The van der Waals surface area contributed by atoms with E-state index in [9.17, 15) is 4.79 Å². The molecule has 1 N–H and O–H groups in total. The van der Waals surface area contributed by atoms with Gasteiger partial charge in [-0.25, -0.2) is 0 Å². The van der Waals surface area contributed by atoms with Crippen molar-refractivity contribution in [1.82, 2.24) is 7.96 Å². The summed E-state index contributed by atoms with van der Waals surface area (Å²) in [5.74, 6) is -0.0806. The first kappa shape index (κ1) is 11.2. The Balaban J connectivity index is 0.000000980. The van der Waals surface area contributed by atoms with Gasteiger partial charge >= 0.3 is 80.8 Å². The molecule has 0 bridgehead atoms. The van der Waals surface area contributed by atoms with Gasteiger partial charge in [-0.2, -0.15) is 0 Å². The van der Waals surface area contributed by atoms with Crippen LogP contribution < -0.4 is 5.32 Å². The van der Waals surface area contributed by atoms with Crippen LogP contribution in [0.1, 0.15) is 6.92 Å². The summed E-state index contributed by atoms with van der Waals surface area (Å²) >= 11 is -0.0447. The summed E-state index contributed by atoms with van der Waals surface area (Å²) in [6, 6.07) is 5.60. The number of halogens is 1. The number of amides is 1. The zero-order valence-corrected chi connectivity index (χ0v) is 9.88. The summed E-state index contributed by atoms with van der Waals surface area (Å²) in [4.78, 5) is 10.8. The minimum atomic E-state index is -0.0806. The molecule has 1 aromatic carbocycles. The summed E-state index contributed by atoms with van der Waals surface area (Å²) in [6.07, 6.45) is 0. The summed E-state index contributed by atoms with van der Waals surface area (Å²) < 4.78 is 8.45. The van der Waals surface area contributed by atoms with Gasteiger partial charge in [-0.15, -0.1) is 12.4 Å². The largest absolute Gasteiger partial charge is 0.147 e. The van der Waals surface area contributed by atoms with Gasteiger partial charge in [0.05, 0.1) is 0 Å². The minimum absolute atomic E-state index is 0. The van der Waals surface area contributed by atoms with Crippen molar-refractivity contribution in [3.8, 4) is 0 Å². The van der Waals surface area contributed by atoms with Crippen molar-refractivity contribution < 1.29 is 4.79 Å². The smallest absolute Gasteiger partial charge is 0.147 e. The van der Waals surface area contributed by atoms with Crippen LogP contribution in [0.3, 0.4) is 0 Å². The maximum Gasteiger partial charge on any atom is -0.147 e. The van der Waals surface area contributed by atoms with E-state index in [4.69, 9.17) is 0 Å². The van der Waals surface area contributed by atoms with Crippen LogP contribution in [-0.2, 0) is 4.79 Å². The van der Waals surface area contributed by atoms with Crippen molar-refractivity contribution in [3.63, 3.8) is 0 Å². The van der Waals surface area contributed by atoms with Crippen molar-refractivity contribution >= 4 is 50.0 Å². The first-order valence-electron chi connectivity index (χ1n) is 3.76. The van der Waals surface area contributed by atoms with Crippen LogP contribution >= 0.6 is 12.4 Å². The molecule has 4 nitrogen and oxygen atoms in total. The van der Waals surface area contributed by atoms with Crippen LogP contribution in [-0.4, -0.2) is 28.8 Å². The number of nitrogens with one attached hydrogen (secondary N) is 1. The topological polar surface area (TPSA) is 54.9 Å². The Morgan fingerprint density at radius 3 is 2.93 bits per heavy atom. The molecule has 1 amide bonds. The average molecular weight is 277 g/mol. The molecule has 0 atom stereocenters. The van der Waals surface area contributed by atoms with Gasteiger partial charge in [0.25, 0.3) is 0 Å². The third-order valence-electron chi connectivity index (χ3n) is 1.60. The summed E-state index contributed by atoms with van der Waals surface area (Å²) in [7, 11) is 0. The van der Waals surface area contributed by atoms with E-state index in [0.717, 1.165) is 16.7 Å². The predicted molar refractivity (Wildman–Crippen MR) is 58.0 cm³/mol. The number of nitrogens with zero attached hydrogens (tertiary/aromatic N) is 2. The zero-order valence-electron chi connectivity index (χ0n) is 7.35. The van der Waals surface area contributed by atoms with Crippen LogP contribution in [0.25, 0.3) is 11.0 Å². The molecule has 0 spiro atoms. The summed E-state index contributed by atoms with van der Waals surface area (Å²) in [5.41, 5.74) is 2.46. The molecule has 0 aliphatic carbocycles. The van der Waals surface area contributed by atoms with Gasteiger partial charge in [0.2, 0.25) is 0 Å². The fourth-order valence-electron chi connectivity index (χ4n) is 1.10. The minimum Gasteiger partial charge on any atom is -0.147 e. The maximum atomic E-state index is 10.8. The van der Waals surface area contributed by atoms with Crippen LogP contribution in [0.4, 0.5) is 5.69 Å². The Morgan fingerprint density at radius 2 is 2.21 bits per heavy atom. The molecule has 0 unspecified atom stereocenters. The Hall–Kier alpha value is -0.901. The van der Waals surface area contributed by atoms with Gasteiger partial charge in [-0.05, 0) is 0 Å². The van der Waals surface area contributed by atoms with Gasteiger partial charge in [0, 0.05) is 0 Å². The first-order chi connectivity index (χ1) is 6.27. The van der Waals surface area contributed by atoms with Crippen molar-refractivity contribution in [2.24, 2.45) is 0 Å². The molecule has 6 heteroatoms. The Morgan fingerprint density at radius 1 is 1.43 bits per heavy atom. The molecule has 0 radical (unpaired) electrons. The standard InChI is InChI=1S/C8H7N3OSe.ClH/c1-5(12)9-6-3-2-4-7-8(6)11-13-10-7;/h2-4H,1H3,(H,9,12);1H. The molecule has 14 heavy (non-hydrogen) atoms. The van der Waals surface area contributed by atoms with Crippen molar-refractivity contribution in [1.29, 1.82) is 0 Å². The Kier molecular flexibility index (Phi) is 3.63. The van der Waals surface area contributed by atoms with Crippen LogP contribution in [0.15, 0.2) is 18.2 Å². The van der Waals surface area contributed by atoms with E-state index in [1.807, 2.05) is 18.2 Å². The molecule has 0 aliphatic heterocycles. The van der Waals surface area contributed by atoms with Crippen molar-refractivity contribution in [2.45, 2.75) is 6.92 Å². The molecular weight excluding hydrogens is 269 g/mol. The fraction of sp³-hybridized carbons (Fsp3) is 0.125. The zero-order chi connectivity index (χ0) is 9.26. The number of fused-ring (bicyclic) bond motifs is 1. The van der Waals surface area contributed by atoms with E-state index in [1.165, 1.54) is 6.92 Å². The summed E-state index contributed by atoms with van der Waals surface area (Å²) in [5, 5.41) is 2.72. The molecule has 0 aliphatic rings. The maximum absolute atomic E-state index is 10.8. The molecule has 74 valence electrons. The van der Waals surface area contributed by atoms with Crippen molar-refractivity contribution in [2.75, 3.05) is 5.32 Å². The second-order valence-electron chi connectivity index (χ2n) is 2.62. The van der Waals surface area contributed by atoms with Crippen LogP contribution in [0, 0.1) is 0 Å². The molecule has 1 heterocycles. The van der Waals surface area contributed by atoms with E-state index >= 15 is 0 Å². The number of rotatable bonds is 1. The number of aromatic nitrogens is 2. The van der Waals surface area contributed by atoms with Gasteiger partial charge in [-0.1, -0.05) is 0 Å². The second-order valence-corrected chi connectivity index (χ2v) is 3.73. The average Bonchev–Trinajstić information content (AvgIpc) is 2.51. The van der Waals surface area contributed by atoms with E-state index in [0.29, 0.717) is 0 Å². The van der Waals surface area contributed by atoms with E-state index in [2.05, 4.69) is 13.3 Å². The quantitative estimate of drug-likeness (QED) is 0.793. The fourth-order valence-corrected chi connectivity index (χ4v) is 2.25. The number of carbonyl (C=O) groups is 1. The van der Waals surface area contributed by atoms with Gasteiger partial charge in [-0.3, -0.25) is 0 Å². The van der Waals surface area contributed by atoms with E-state index in [1.54, 1.807) is 0 Å². The molecule has 2 aromatic rings. The molecule has 1 aromatic heterocycles. The van der Waals surface area contributed by atoms with Gasteiger partial charge < -0.3 is 0 Å². The van der Waals surface area contributed by atoms with Gasteiger partial charge in [0.15, 0.2) is 0 Å². The SMILES string of the molecule is CC(=O)Nc1cccc2n[se]nc12.Cl. The molecule has 0 saturated heterocycles. The van der Waals surface area contributed by atoms with E-state index in [-0.39, 0.29) is 33.3 Å². The van der Waals surface area contributed by atoms with Crippen LogP contribution in [0.5, 0.6) is 0 Å².